The highest BCUT2D eigenvalue weighted by Crippen LogP contribution is 2.32. The fourth-order valence-corrected chi connectivity index (χ4v) is 3.24. The Balaban J connectivity index is 1.89. The molecule has 3 heterocycles. The molecule has 0 saturated carbocycles. The first kappa shape index (κ1) is 19.8. The second kappa shape index (κ2) is 8.06. The van der Waals surface area contributed by atoms with Crippen LogP contribution in [-0.2, 0) is 6.42 Å². The molecule has 152 valence electrons. The molecule has 3 aromatic heterocycles. The molecule has 6 heteroatoms. The molecule has 1 unspecified atom stereocenters. The Morgan fingerprint density at radius 2 is 1.93 bits per heavy atom. The Morgan fingerprint density at radius 3 is 2.63 bits per heavy atom. The van der Waals surface area contributed by atoms with Crippen molar-refractivity contribution >= 4 is 11.6 Å². The molecule has 4 aromatic rings. The number of aryl methyl sites for hydroxylation is 1. The third kappa shape index (κ3) is 3.81. The van der Waals surface area contributed by atoms with Gasteiger partial charge in [-0.1, -0.05) is 19.1 Å². The highest BCUT2D eigenvalue weighted by molar-refractivity contribution is 5.80. The quantitative estimate of drug-likeness (QED) is 0.431. The lowest BCUT2D eigenvalue weighted by Crippen LogP contribution is -2.17. The molecule has 0 bridgehead atoms. The molecule has 0 saturated heterocycles. The number of fused-ring (bicyclic) bond motifs is 1. The topological polar surface area (TPSA) is 55.1 Å². The van der Waals surface area contributed by atoms with Gasteiger partial charge >= 0.3 is 0 Å². The van der Waals surface area contributed by atoms with Crippen LogP contribution in [0.5, 0.6) is 0 Å². The van der Waals surface area contributed by atoms with Crippen molar-refractivity contribution in [3.63, 3.8) is 0 Å². The van der Waals surface area contributed by atoms with Gasteiger partial charge in [-0.15, -0.1) is 0 Å². The van der Waals surface area contributed by atoms with Gasteiger partial charge in [-0.25, -0.2) is 19.3 Å². The SMILES string of the molecule is C=C(C)C(C)Nc1nccc(-c2c(-c3ccc(F)cc3)nc3cc(CC)ccn23)n1. The van der Waals surface area contributed by atoms with Crippen molar-refractivity contribution in [3.8, 4) is 22.6 Å². The zero-order valence-electron chi connectivity index (χ0n) is 17.4. The van der Waals surface area contributed by atoms with Crippen molar-refractivity contribution in [1.29, 1.82) is 0 Å². The van der Waals surface area contributed by atoms with E-state index in [1.807, 2.05) is 30.5 Å². The van der Waals surface area contributed by atoms with E-state index in [-0.39, 0.29) is 11.9 Å². The molecule has 1 N–H and O–H groups in total. The number of hydrogen-bond donors (Lipinski definition) is 1. The first-order valence-corrected chi connectivity index (χ1v) is 9.98. The Hall–Kier alpha value is -3.54. The van der Waals surface area contributed by atoms with Crippen molar-refractivity contribution in [2.45, 2.75) is 33.2 Å². The molecule has 1 aromatic carbocycles. The summed E-state index contributed by atoms with van der Waals surface area (Å²) in [5.41, 5.74) is 6.18. The third-order valence-corrected chi connectivity index (χ3v) is 5.20. The lowest BCUT2D eigenvalue weighted by atomic mass is 10.1. The van der Waals surface area contributed by atoms with E-state index in [9.17, 15) is 4.39 Å². The smallest absolute Gasteiger partial charge is 0.223 e. The maximum atomic E-state index is 13.5. The number of nitrogens with zero attached hydrogens (tertiary/aromatic N) is 4. The summed E-state index contributed by atoms with van der Waals surface area (Å²) in [7, 11) is 0. The van der Waals surface area contributed by atoms with Crippen molar-refractivity contribution in [2.75, 3.05) is 5.32 Å². The number of benzene rings is 1. The predicted molar refractivity (Wildman–Crippen MR) is 119 cm³/mol. The summed E-state index contributed by atoms with van der Waals surface area (Å²) in [6.45, 7) is 10.1. The molecule has 0 aliphatic rings. The average molecular weight is 401 g/mol. The first-order valence-electron chi connectivity index (χ1n) is 9.98. The summed E-state index contributed by atoms with van der Waals surface area (Å²) in [6, 6.07) is 12.4. The Morgan fingerprint density at radius 1 is 1.17 bits per heavy atom. The second-order valence-corrected chi connectivity index (χ2v) is 7.41. The van der Waals surface area contributed by atoms with Gasteiger partial charge in [-0.3, -0.25) is 4.40 Å². The molecular formula is C24H24FN5. The van der Waals surface area contributed by atoms with Gasteiger partial charge in [0, 0.05) is 24.0 Å². The fraction of sp³-hybridized carbons (Fsp3) is 0.208. The van der Waals surface area contributed by atoms with E-state index in [0.29, 0.717) is 5.95 Å². The van der Waals surface area contributed by atoms with E-state index in [0.717, 1.165) is 40.3 Å². The standard InChI is InChI=1S/C24H24FN5/c1-5-17-11-13-30-21(14-17)29-22(18-6-8-19(25)9-7-18)23(30)20-10-12-26-24(28-20)27-16(4)15(2)3/h6-14,16H,2,5H2,1,3-4H3,(H,26,27,28). The number of nitrogens with one attached hydrogen (secondary N) is 1. The maximum Gasteiger partial charge on any atom is 0.223 e. The average Bonchev–Trinajstić information content (AvgIpc) is 3.12. The van der Waals surface area contributed by atoms with Gasteiger partial charge in [0.25, 0.3) is 0 Å². The summed E-state index contributed by atoms with van der Waals surface area (Å²) >= 11 is 0. The van der Waals surface area contributed by atoms with Crippen LogP contribution in [0.15, 0.2) is 67.0 Å². The molecule has 1 atom stereocenters. The largest absolute Gasteiger partial charge is 0.348 e. The molecule has 0 radical (unpaired) electrons. The Bertz CT molecular complexity index is 1210. The van der Waals surface area contributed by atoms with E-state index in [4.69, 9.17) is 9.97 Å². The molecule has 0 fully saturated rings. The van der Waals surface area contributed by atoms with Crippen LogP contribution in [-0.4, -0.2) is 25.4 Å². The van der Waals surface area contributed by atoms with Crippen molar-refractivity contribution in [2.24, 2.45) is 0 Å². The summed E-state index contributed by atoms with van der Waals surface area (Å²) in [6.07, 6.45) is 4.66. The minimum atomic E-state index is -0.278. The molecule has 0 amide bonds. The van der Waals surface area contributed by atoms with Gasteiger partial charge in [0.05, 0.1) is 17.1 Å². The Labute approximate surface area is 175 Å². The van der Waals surface area contributed by atoms with E-state index in [1.165, 1.54) is 17.7 Å². The van der Waals surface area contributed by atoms with Gasteiger partial charge in [0.15, 0.2) is 0 Å². The molecule has 0 spiro atoms. The van der Waals surface area contributed by atoms with E-state index in [2.05, 4.69) is 35.9 Å². The minimum Gasteiger partial charge on any atom is -0.348 e. The molecule has 5 nitrogen and oxygen atoms in total. The van der Waals surface area contributed by atoms with E-state index in [1.54, 1.807) is 18.3 Å². The number of hydrogen-bond acceptors (Lipinski definition) is 4. The normalized spacial score (nSPS) is 12.1. The molecule has 0 aliphatic heterocycles. The lowest BCUT2D eigenvalue weighted by molar-refractivity contribution is 0.628. The number of halogens is 1. The Kier molecular flexibility index (Phi) is 5.31. The highest BCUT2D eigenvalue weighted by Gasteiger charge is 2.18. The summed E-state index contributed by atoms with van der Waals surface area (Å²) in [5.74, 6) is 0.243. The summed E-state index contributed by atoms with van der Waals surface area (Å²) < 4.78 is 15.5. The van der Waals surface area contributed by atoms with Crippen LogP contribution >= 0.6 is 0 Å². The van der Waals surface area contributed by atoms with Crippen molar-refractivity contribution in [3.05, 3.63) is 78.4 Å². The minimum absolute atomic E-state index is 0.0473. The third-order valence-electron chi connectivity index (χ3n) is 5.20. The zero-order valence-corrected chi connectivity index (χ0v) is 17.4. The number of anilines is 1. The van der Waals surface area contributed by atoms with Crippen LogP contribution in [0.25, 0.3) is 28.3 Å². The first-order chi connectivity index (χ1) is 14.5. The van der Waals surface area contributed by atoms with Crippen LogP contribution in [0.3, 0.4) is 0 Å². The van der Waals surface area contributed by atoms with Gasteiger partial charge in [-0.2, -0.15) is 0 Å². The molecule has 4 rings (SSSR count). The van der Waals surface area contributed by atoms with Crippen molar-refractivity contribution < 1.29 is 4.39 Å². The van der Waals surface area contributed by atoms with Gasteiger partial charge in [-0.05, 0) is 68.3 Å². The molecule has 30 heavy (non-hydrogen) atoms. The van der Waals surface area contributed by atoms with Crippen LogP contribution in [0.2, 0.25) is 0 Å². The number of aromatic nitrogens is 4. The van der Waals surface area contributed by atoms with Crippen molar-refractivity contribution in [1.82, 2.24) is 19.4 Å². The second-order valence-electron chi connectivity index (χ2n) is 7.41. The molecule has 0 aliphatic carbocycles. The fourth-order valence-electron chi connectivity index (χ4n) is 3.24. The van der Waals surface area contributed by atoms with E-state index >= 15 is 0 Å². The van der Waals surface area contributed by atoms with Crippen LogP contribution in [0, 0.1) is 5.82 Å². The maximum absolute atomic E-state index is 13.5. The summed E-state index contributed by atoms with van der Waals surface area (Å²) in [5, 5.41) is 3.28. The lowest BCUT2D eigenvalue weighted by Gasteiger charge is -2.14. The summed E-state index contributed by atoms with van der Waals surface area (Å²) in [4.78, 5) is 13.9. The van der Waals surface area contributed by atoms with Crippen LogP contribution in [0.1, 0.15) is 26.3 Å². The predicted octanol–water partition coefficient (Wildman–Crippen LogP) is 5.54. The van der Waals surface area contributed by atoms with Crippen LogP contribution < -0.4 is 5.32 Å². The number of pyridine rings is 1. The monoisotopic (exact) mass is 401 g/mol. The highest BCUT2D eigenvalue weighted by atomic mass is 19.1. The van der Waals surface area contributed by atoms with E-state index < -0.39 is 0 Å². The van der Waals surface area contributed by atoms with Gasteiger partial charge < -0.3 is 5.32 Å². The van der Waals surface area contributed by atoms with Gasteiger partial charge in [0.1, 0.15) is 11.5 Å². The number of rotatable bonds is 6. The van der Waals surface area contributed by atoms with Crippen LogP contribution in [0.4, 0.5) is 10.3 Å². The molecular weight excluding hydrogens is 377 g/mol. The number of imidazole rings is 1. The zero-order chi connectivity index (χ0) is 21.3. The van der Waals surface area contributed by atoms with Gasteiger partial charge in [0.2, 0.25) is 5.95 Å².